The maximum absolute atomic E-state index is 10.6. The van der Waals surface area contributed by atoms with Crippen LogP contribution in [0.25, 0.3) is 0 Å². The van der Waals surface area contributed by atoms with Gasteiger partial charge in [0, 0.05) is 14.2 Å². The van der Waals surface area contributed by atoms with E-state index in [9.17, 15) is 4.79 Å². The number of unbranched alkanes of at least 4 members (excludes halogenated alkanes) is 3. The van der Waals surface area contributed by atoms with Gasteiger partial charge in [0.15, 0.2) is 6.29 Å². The molecule has 3 N–H and O–H groups in total. The largest absolute Gasteiger partial charge is 0.351 e. The van der Waals surface area contributed by atoms with Gasteiger partial charge < -0.3 is 15.2 Å². The minimum Gasteiger partial charge on any atom is -0.351 e. The lowest BCUT2D eigenvalue weighted by molar-refractivity contribution is -0.0535. The van der Waals surface area contributed by atoms with Crippen molar-refractivity contribution in [2.75, 3.05) is 14.2 Å². The molecule has 0 spiro atoms. The highest BCUT2D eigenvalue weighted by Crippen LogP contribution is 2.07. The standard InChI is InChI=1S/C11H23N3O3/c1-4-5-6-7-8-9(10(16-2)17-3)13-14-11(12)15/h10H,4-8H2,1-3H3,(H3,12,14,15)/b13-9-. The molecule has 0 aliphatic carbocycles. The van der Waals surface area contributed by atoms with Gasteiger partial charge in [0.2, 0.25) is 0 Å². The van der Waals surface area contributed by atoms with E-state index in [1.54, 1.807) is 0 Å². The van der Waals surface area contributed by atoms with Crippen LogP contribution >= 0.6 is 0 Å². The third kappa shape index (κ3) is 7.70. The zero-order valence-corrected chi connectivity index (χ0v) is 10.9. The summed E-state index contributed by atoms with van der Waals surface area (Å²) in [5, 5.41) is 3.90. The van der Waals surface area contributed by atoms with Crippen LogP contribution in [0.5, 0.6) is 0 Å². The van der Waals surface area contributed by atoms with Gasteiger partial charge in [0.05, 0.1) is 5.71 Å². The van der Waals surface area contributed by atoms with Crippen molar-refractivity contribution in [2.24, 2.45) is 10.8 Å². The average Bonchev–Trinajstić information content (AvgIpc) is 2.31. The second-order valence-electron chi connectivity index (χ2n) is 3.69. The maximum atomic E-state index is 10.6. The molecular weight excluding hydrogens is 222 g/mol. The van der Waals surface area contributed by atoms with Crippen molar-refractivity contribution >= 4 is 11.7 Å². The average molecular weight is 245 g/mol. The fourth-order valence-corrected chi connectivity index (χ4v) is 1.45. The van der Waals surface area contributed by atoms with Crippen LogP contribution < -0.4 is 11.2 Å². The van der Waals surface area contributed by atoms with E-state index in [4.69, 9.17) is 15.2 Å². The molecule has 0 bridgehead atoms. The number of rotatable bonds is 9. The predicted octanol–water partition coefficient (Wildman–Crippen LogP) is 1.60. The molecule has 100 valence electrons. The second-order valence-corrected chi connectivity index (χ2v) is 3.69. The van der Waals surface area contributed by atoms with Gasteiger partial charge in [-0.2, -0.15) is 5.10 Å². The summed E-state index contributed by atoms with van der Waals surface area (Å²) in [5.41, 5.74) is 7.81. The van der Waals surface area contributed by atoms with E-state index in [0.717, 1.165) is 12.8 Å². The molecule has 0 radical (unpaired) electrons. The Labute approximate surface area is 103 Å². The third-order valence-electron chi connectivity index (χ3n) is 2.30. The van der Waals surface area contributed by atoms with E-state index in [2.05, 4.69) is 17.5 Å². The van der Waals surface area contributed by atoms with Crippen LogP contribution in [0.3, 0.4) is 0 Å². The zero-order chi connectivity index (χ0) is 13.1. The van der Waals surface area contributed by atoms with Gasteiger partial charge >= 0.3 is 6.03 Å². The number of methoxy groups -OCH3 is 2. The highest BCUT2D eigenvalue weighted by atomic mass is 16.7. The molecule has 0 fully saturated rings. The van der Waals surface area contributed by atoms with Crippen LogP contribution in [-0.2, 0) is 9.47 Å². The Morgan fingerprint density at radius 2 is 1.94 bits per heavy atom. The zero-order valence-electron chi connectivity index (χ0n) is 10.9. The molecule has 0 aromatic carbocycles. The smallest absolute Gasteiger partial charge is 0.332 e. The van der Waals surface area contributed by atoms with Crippen molar-refractivity contribution in [3.63, 3.8) is 0 Å². The van der Waals surface area contributed by atoms with Crippen LogP contribution in [0.2, 0.25) is 0 Å². The molecule has 0 aliphatic rings. The summed E-state index contributed by atoms with van der Waals surface area (Å²) in [6.07, 6.45) is 4.63. The summed E-state index contributed by atoms with van der Waals surface area (Å²) in [4.78, 5) is 10.6. The Morgan fingerprint density at radius 1 is 1.29 bits per heavy atom. The lowest BCUT2D eigenvalue weighted by Crippen LogP contribution is -2.31. The number of amides is 2. The van der Waals surface area contributed by atoms with Gasteiger partial charge in [-0.3, -0.25) is 0 Å². The van der Waals surface area contributed by atoms with Gasteiger partial charge in [-0.15, -0.1) is 0 Å². The van der Waals surface area contributed by atoms with E-state index >= 15 is 0 Å². The van der Waals surface area contributed by atoms with Gasteiger partial charge in [-0.25, -0.2) is 10.2 Å². The van der Waals surface area contributed by atoms with Gasteiger partial charge in [0.25, 0.3) is 0 Å². The predicted molar refractivity (Wildman–Crippen MR) is 66.7 cm³/mol. The number of nitrogens with one attached hydrogen (secondary N) is 1. The van der Waals surface area contributed by atoms with Crippen LogP contribution in [0.4, 0.5) is 4.79 Å². The summed E-state index contributed by atoms with van der Waals surface area (Å²) < 4.78 is 10.2. The molecule has 6 nitrogen and oxygen atoms in total. The highest BCUT2D eigenvalue weighted by molar-refractivity contribution is 5.88. The number of nitrogens with two attached hydrogens (primary N) is 1. The van der Waals surface area contributed by atoms with Crippen LogP contribution in [0, 0.1) is 0 Å². The van der Waals surface area contributed by atoms with Crippen molar-refractivity contribution in [1.29, 1.82) is 0 Å². The van der Waals surface area contributed by atoms with Gasteiger partial charge in [-0.1, -0.05) is 26.2 Å². The molecule has 17 heavy (non-hydrogen) atoms. The first-order valence-corrected chi connectivity index (χ1v) is 5.83. The molecule has 0 saturated carbocycles. The SMILES string of the molecule is CCCCCC/C(=N/NC(N)=O)C(OC)OC. The van der Waals surface area contributed by atoms with Crippen molar-refractivity contribution in [1.82, 2.24) is 5.43 Å². The molecule has 0 aromatic rings. The van der Waals surface area contributed by atoms with E-state index in [0.29, 0.717) is 12.1 Å². The number of primary amides is 1. The molecule has 0 saturated heterocycles. The highest BCUT2D eigenvalue weighted by Gasteiger charge is 2.14. The Balaban J connectivity index is 4.28. The quantitative estimate of drug-likeness (QED) is 0.280. The number of nitrogens with zero attached hydrogens (tertiary/aromatic N) is 1. The molecule has 0 heterocycles. The maximum Gasteiger partial charge on any atom is 0.332 e. The van der Waals surface area contributed by atoms with Gasteiger partial charge in [0.1, 0.15) is 0 Å². The summed E-state index contributed by atoms with van der Waals surface area (Å²) in [6, 6.07) is -0.693. The minimum absolute atomic E-state index is 0.538. The van der Waals surface area contributed by atoms with Crippen LogP contribution in [-0.4, -0.2) is 32.3 Å². The van der Waals surface area contributed by atoms with Crippen molar-refractivity contribution < 1.29 is 14.3 Å². The molecule has 0 aromatic heterocycles. The number of carbonyl (C=O) groups is 1. The normalized spacial score (nSPS) is 11.9. The first-order valence-electron chi connectivity index (χ1n) is 5.83. The van der Waals surface area contributed by atoms with E-state index in [1.165, 1.54) is 27.1 Å². The Hall–Kier alpha value is -1.14. The lowest BCUT2D eigenvalue weighted by Gasteiger charge is -2.15. The second kappa shape index (κ2) is 10.0. The van der Waals surface area contributed by atoms with Crippen molar-refractivity contribution in [2.45, 2.75) is 45.3 Å². The summed E-state index contributed by atoms with van der Waals surface area (Å²) in [6.45, 7) is 2.15. The van der Waals surface area contributed by atoms with E-state index < -0.39 is 12.3 Å². The number of hydrazone groups is 1. The lowest BCUT2D eigenvalue weighted by atomic mass is 10.1. The van der Waals surface area contributed by atoms with Crippen molar-refractivity contribution in [3.8, 4) is 0 Å². The Morgan fingerprint density at radius 3 is 2.41 bits per heavy atom. The summed E-state index contributed by atoms with van der Waals surface area (Å²) >= 11 is 0. The molecule has 6 heteroatoms. The number of ether oxygens (including phenoxy) is 2. The molecule has 0 rings (SSSR count). The first kappa shape index (κ1) is 15.9. The Kier molecular flexibility index (Phi) is 9.37. The fraction of sp³-hybridized carbons (Fsp3) is 0.818. The summed E-state index contributed by atoms with van der Waals surface area (Å²) in [5.74, 6) is 0. The molecule has 0 aliphatic heterocycles. The molecular formula is C11H23N3O3. The summed E-state index contributed by atoms with van der Waals surface area (Å²) in [7, 11) is 3.06. The monoisotopic (exact) mass is 245 g/mol. The Bertz CT molecular complexity index is 240. The van der Waals surface area contributed by atoms with Gasteiger partial charge in [-0.05, 0) is 12.8 Å². The van der Waals surface area contributed by atoms with E-state index in [-0.39, 0.29) is 0 Å². The minimum atomic E-state index is -0.693. The molecule has 0 unspecified atom stereocenters. The van der Waals surface area contributed by atoms with Crippen LogP contribution in [0.1, 0.15) is 39.0 Å². The van der Waals surface area contributed by atoms with Crippen molar-refractivity contribution in [3.05, 3.63) is 0 Å². The number of carbonyl (C=O) groups excluding carboxylic acids is 1. The fourth-order valence-electron chi connectivity index (χ4n) is 1.45. The topological polar surface area (TPSA) is 85.9 Å². The molecule has 0 atom stereocenters. The third-order valence-corrected chi connectivity index (χ3v) is 2.30. The first-order chi connectivity index (χ1) is 8.15. The van der Waals surface area contributed by atoms with Crippen LogP contribution in [0.15, 0.2) is 5.10 Å². The number of urea groups is 1. The van der Waals surface area contributed by atoms with E-state index in [1.807, 2.05) is 0 Å². The number of hydrogen-bond donors (Lipinski definition) is 2. The molecule has 2 amide bonds. The number of hydrogen-bond acceptors (Lipinski definition) is 4.